The molecule has 0 aromatic heterocycles. The number of hydrogen-bond acceptors (Lipinski definition) is 3. The Labute approximate surface area is 123 Å². The summed E-state index contributed by atoms with van der Waals surface area (Å²) in [5.74, 6) is 0.267. The molecule has 2 rings (SSSR count). The normalized spacial score (nSPS) is 33.0. The van der Waals surface area contributed by atoms with Gasteiger partial charge in [0.15, 0.2) is 0 Å². The zero-order chi connectivity index (χ0) is 16.1. The lowest BCUT2D eigenvalue weighted by Crippen LogP contribution is -2.43. The lowest BCUT2D eigenvalue weighted by atomic mass is 9.53. The average Bonchev–Trinajstić information content (AvgIpc) is 2.24. The second-order valence-electron chi connectivity index (χ2n) is 7.03. The van der Waals surface area contributed by atoms with Gasteiger partial charge < -0.3 is 4.18 Å². The van der Waals surface area contributed by atoms with Crippen molar-refractivity contribution in [2.75, 3.05) is 0 Å². The Balaban J connectivity index is 2.26. The van der Waals surface area contributed by atoms with E-state index in [4.69, 9.17) is 0 Å². The maximum Gasteiger partial charge on any atom is 0.534 e. The van der Waals surface area contributed by atoms with Crippen LogP contribution < -0.4 is 0 Å². The summed E-state index contributed by atoms with van der Waals surface area (Å²) < 4.78 is 63.8. The number of allylic oxidation sites excluding steroid dienone is 2. The number of halogens is 3. The molecule has 0 bridgehead atoms. The third kappa shape index (κ3) is 3.07. The third-order valence-corrected chi connectivity index (χ3v) is 5.95. The molecule has 0 radical (unpaired) electrons. The fourth-order valence-corrected chi connectivity index (χ4v) is 4.55. The van der Waals surface area contributed by atoms with Crippen molar-refractivity contribution >= 4 is 10.1 Å². The molecule has 2 aliphatic carbocycles. The first-order valence-electron chi connectivity index (χ1n) is 7.10. The number of rotatable bonds is 2. The molecule has 122 valence electrons. The predicted molar refractivity (Wildman–Crippen MR) is 72.6 cm³/mol. The molecule has 0 aromatic rings. The van der Waals surface area contributed by atoms with E-state index in [1.807, 2.05) is 6.92 Å². The second kappa shape index (κ2) is 4.89. The van der Waals surface area contributed by atoms with Gasteiger partial charge in [0.05, 0.1) is 0 Å². The molecule has 0 saturated heterocycles. The standard InChI is InChI=1S/C14H21F3O3S/c1-12(2)7-4-8-13(3)9-10(5-6-11(12)13)20-21(18,19)14(15,16)17/h9,11H,4-8H2,1-3H3/t11-,13+/m0/s1. The summed E-state index contributed by atoms with van der Waals surface area (Å²) >= 11 is 0. The topological polar surface area (TPSA) is 43.4 Å². The molecule has 2 aliphatic rings. The Hall–Kier alpha value is -0.720. The number of alkyl halides is 3. The van der Waals surface area contributed by atoms with Crippen LogP contribution in [-0.4, -0.2) is 13.9 Å². The monoisotopic (exact) mass is 326 g/mol. The van der Waals surface area contributed by atoms with Crippen LogP contribution in [0.15, 0.2) is 11.8 Å². The Morgan fingerprint density at radius 1 is 1.24 bits per heavy atom. The molecular formula is C14H21F3O3S. The summed E-state index contributed by atoms with van der Waals surface area (Å²) in [6, 6.07) is 0. The Morgan fingerprint density at radius 3 is 2.43 bits per heavy atom. The maximum atomic E-state index is 12.4. The van der Waals surface area contributed by atoms with Gasteiger partial charge >= 0.3 is 15.6 Å². The molecule has 2 atom stereocenters. The Kier molecular flexibility index (Phi) is 3.88. The van der Waals surface area contributed by atoms with Crippen LogP contribution >= 0.6 is 0 Å². The van der Waals surface area contributed by atoms with E-state index < -0.39 is 15.6 Å². The van der Waals surface area contributed by atoms with Crippen molar-refractivity contribution in [2.24, 2.45) is 16.7 Å². The van der Waals surface area contributed by atoms with Crippen molar-refractivity contribution in [2.45, 2.75) is 58.4 Å². The summed E-state index contributed by atoms with van der Waals surface area (Å²) in [5.41, 5.74) is -5.56. The minimum Gasteiger partial charge on any atom is -0.381 e. The molecule has 0 heterocycles. The predicted octanol–water partition coefficient (Wildman–Crippen LogP) is 4.36. The summed E-state index contributed by atoms with van der Waals surface area (Å²) in [6.07, 6.45) is 5.42. The first-order chi connectivity index (χ1) is 9.37. The van der Waals surface area contributed by atoms with E-state index in [1.165, 1.54) is 0 Å². The summed E-state index contributed by atoms with van der Waals surface area (Å²) in [6.45, 7) is 6.32. The van der Waals surface area contributed by atoms with Crippen molar-refractivity contribution in [1.29, 1.82) is 0 Å². The quantitative estimate of drug-likeness (QED) is 0.559. The van der Waals surface area contributed by atoms with Crippen molar-refractivity contribution in [3.8, 4) is 0 Å². The highest BCUT2D eigenvalue weighted by molar-refractivity contribution is 7.87. The van der Waals surface area contributed by atoms with Gasteiger partial charge in [-0.25, -0.2) is 0 Å². The highest BCUT2D eigenvalue weighted by atomic mass is 32.2. The summed E-state index contributed by atoms with van der Waals surface area (Å²) in [7, 11) is -5.56. The van der Waals surface area contributed by atoms with Gasteiger partial charge in [-0.3, -0.25) is 0 Å². The second-order valence-corrected chi connectivity index (χ2v) is 8.57. The largest absolute Gasteiger partial charge is 0.534 e. The minimum absolute atomic E-state index is 0.0659. The summed E-state index contributed by atoms with van der Waals surface area (Å²) in [5, 5.41) is 0. The van der Waals surface area contributed by atoms with Gasteiger partial charge in [-0.05, 0) is 42.1 Å². The molecule has 0 amide bonds. The molecule has 0 spiro atoms. The van der Waals surface area contributed by atoms with Gasteiger partial charge in [0.1, 0.15) is 5.76 Å². The van der Waals surface area contributed by atoms with Crippen LogP contribution in [0.25, 0.3) is 0 Å². The Bertz CT molecular complexity index is 548. The molecular weight excluding hydrogens is 305 g/mol. The fourth-order valence-electron chi connectivity index (χ4n) is 4.04. The van der Waals surface area contributed by atoms with Crippen LogP contribution in [0, 0.1) is 16.7 Å². The van der Waals surface area contributed by atoms with Crippen molar-refractivity contribution < 1.29 is 25.8 Å². The fraction of sp³-hybridized carbons (Fsp3) is 0.857. The zero-order valence-electron chi connectivity index (χ0n) is 12.5. The first-order valence-corrected chi connectivity index (χ1v) is 8.51. The Morgan fingerprint density at radius 2 is 1.86 bits per heavy atom. The van der Waals surface area contributed by atoms with E-state index in [0.717, 1.165) is 19.3 Å². The number of hydrogen-bond donors (Lipinski definition) is 0. The van der Waals surface area contributed by atoms with Gasteiger partial charge in [-0.1, -0.05) is 27.2 Å². The highest BCUT2D eigenvalue weighted by Gasteiger charge is 2.51. The van der Waals surface area contributed by atoms with Crippen molar-refractivity contribution in [3.63, 3.8) is 0 Å². The average molecular weight is 326 g/mol. The van der Waals surface area contributed by atoms with Crippen LogP contribution in [-0.2, 0) is 14.3 Å². The van der Waals surface area contributed by atoms with E-state index >= 15 is 0 Å². The van der Waals surface area contributed by atoms with Crippen LogP contribution in [0.3, 0.4) is 0 Å². The van der Waals surface area contributed by atoms with E-state index in [-0.39, 0.29) is 23.0 Å². The lowest BCUT2D eigenvalue weighted by molar-refractivity contribution is -0.0532. The van der Waals surface area contributed by atoms with Crippen molar-refractivity contribution in [3.05, 3.63) is 11.8 Å². The van der Waals surface area contributed by atoms with Crippen LogP contribution in [0.4, 0.5) is 13.2 Å². The van der Waals surface area contributed by atoms with Gasteiger partial charge in [-0.15, -0.1) is 0 Å². The van der Waals surface area contributed by atoms with Crippen LogP contribution in [0.1, 0.15) is 52.9 Å². The summed E-state index contributed by atoms with van der Waals surface area (Å²) in [4.78, 5) is 0. The van der Waals surface area contributed by atoms with Crippen molar-refractivity contribution in [1.82, 2.24) is 0 Å². The van der Waals surface area contributed by atoms with Gasteiger partial charge in [0.2, 0.25) is 0 Å². The molecule has 3 nitrogen and oxygen atoms in total. The first kappa shape index (κ1) is 16.6. The maximum absolute atomic E-state index is 12.4. The minimum atomic E-state index is -5.56. The molecule has 1 saturated carbocycles. The molecule has 0 aromatic carbocycles. The SMILES string of the molecule is CC1(C)CCC[C@]2(C)C=C(OS(=O)(=O)C(F)(F)F)CC[C@@H]12. The lowest BCUT2D eigenvalue weighted by Gasteiger charge is -2.51. The smallest absolute Gasteiger partial charge is 0.381 e. The van der Waals surface area contributed by atoms with Gasteiger partial charge in [-0.2, -0.15) is 21.6 Å². The van der Waals surface area contributed by atoms with Gasteiger partial charge in [0.25, 0.3) is 0 Å². The molecule has 1 fully saturated rings. The van der Waals surface area contributed by atoms with E-state index in [1.54, 1.807) is 6.08 Å². The van der Waals surface area contributed by atoms with Crippen LogP contribution in [0.2, 0.25) is 0 Å². The van der Waals surface area contributed by atoms with E-state index in [9.17, 15) is 21.6 Å². The van der Waals surface area contributed by atoms with E-state index in [0.29, 0.717) is 12.3 Å². The van der Waals surface area contributed by atoms with Crippen LogP contribution in [0.5, 0.6) is 0 Å². The molecule has 21 heavy (non-hydrogen) atoms. The molecule has 7 heteroatoms. The molecule has 0 unspecified atom stereocenters. The number of fused-ring (bicyclic) bond motifs is 1. The molecule has 0 aliphatic heterocycles. The van der Waals surface area contributed by atoms with Gasteiger partial charge in [0, 0.05) is 6.42 Å². The highest BCUT2D eigenvalue weighted by Crippen LogP contribution is 2.56. The van der Waals surface area contributed by atoms with E-state index in [2.05, 4.69) is 18.0 Å². The molecule has 0 N–H and O–H groups in total. The zero-order valence-corrected chi connectivity index (χ0v) is 13.3. The third-order valence-electron chi connectivity index (χ3n) is 4.95.